The van der Waals surface area contributed by atoms with Crippen LogP contribution in [-0.2, 0) is 19.3 Å². The highest BCUT2D eigenvalue weighted by molar-refractivity contribution is 6.17. The van der Waals surface area contributed by atoms with Crippen LogP contribution in [0.5, 0.6) is 5.75 Å². The lowest BCUT2D eigenvalue weighted by atomic mass is 10.1. The Hall–Kier alpha value is -1.48. The van der Waals surface area contributed by atoms with Crippen molar-refractivity contribution < 1.29 is 4.74 Å². The van der Waals surface area contributed by atoms with Crippen molar-refractivity contribution in [3.63, 3.8) is 0 Å². The summed E-state index contributed by atoms with van der Waals surface area (Å²) in [5.41, 5.74) is 4.61. The molecule has 19 heavy (non-hydrogen) atoms. The molecule has 102 valence electrons. The van der Waals surface area contributed by atoms with Gasteiger partial charge in [0.05, 0.1) is 12.8 Å². The number of nitrogens with zero attached hydrogens (tertiary/aromatic N) is 2. The van der Waals surface area contributed by atoms with E-state index in [0.717, 1.165) is 28.9 Å². The lowest BCUT2D eigenvalue weighted by molar-refractivity contribution is 0.317. The lowest BCUT2D eigenvalue weighted by Gasteiger charge is -2.13. The zero-order chi connectivity index (χ0) is 13.8. The molecule has 1 heterocycles. The van der Waals surface area contributed by atoms with Gasteiger partial charge in [0.15, 0.2) is 0 Å². The van der Waals surface area contributed by atoms with Crippen LogP contribution in [0, 0.1) is 13.8 Å². The van der Waals surface area contributed by atoms with E-state index in [1.807, 2.05) is 19.4 Å². The summed E-state index contributed by atoms with van der Waals surface area (Å²) in [5, 5.41) is 4.15. The first-order valence-corrected chi connectivity index (χ1v) is 6.90. The SMILES string of the molecule is Cc1cc(CCl)cc(C)c1OCCc1cnn(C)c1. The number of hydrogen-bond donors (Lipinski definition) is 0. The average Bonchev–Trinajstić information content (AvgIpc) is 2.78. The Bertz CT molecular complexity index is 540. The van der Waals surface area contributed by atoms with E-state index < -0.39 is 0 Å². The third-order valence-electron chi connectivity index (χ3n) is 3.07. The van der Waals surface area contributed by atoms with Crippen molar-refractivity contribution in [3.05, 3.63) is 46.8 Å². The number of aryl methyl sites for hydroxylation is 3. The van der Waals surface area contributed by atoms with Crippen LogP contribution in [0.2, 0.25) is 0 Å². The van der Waals surface area contributed by atoms with Crippen LogP contribution in [-0.4, -0.2) is 16.4 Å². The first kappa shape index (κ1) is 13.9. The maximum atomic E-state index is 5.90. The van der Waals surface area contributed by atoms with Gasteiger partial charge in [0, 0.05) is 25.5 Å². The number of aromatic nitrogens is 2. The summed E-state index contributed by atoms with van der Waals surface area (Å²) in [5.74, 6) is 1.51. The molecule has 0 N–H and O–H groups in total. The van der Waals surface area contributed by atoms with Crippen molar-refractivity contribution in [2.75, 3.05) is 6.61 Å². The molecule has 0 aliphatic heterocycles. The molecular formula is C15H19ClN2O. The van der Waals surface area contributed by atoms with E-state index in [-0.39, 0.29) is 0 Å². The number of halogens is 1. The lowest BCUT2D eigenvalue weighted by Crippen LogP contribution is -2.04. The molecule has 0 saturated carbocycles. The van der Waals surface area contributed by atoms with E-state index in [1.165, 1.54) is 5.56 Å². The van der Waals surface area contributed by atoms with Crippen LogP contribution in [0.3, 0.4) is 0 Å². The summed E-state index contributed by atoms with van der Waals surface area (Å²) in [7, 11) is 1.92. The number of benzene rings is 1. The number of ether oxygens (including phenoxy) is 1. The molecule has 0 aliphatic carbocycles. The topological polar surface area (TPSA) is 27.1 Å². The first-order valence-electron chi connectivity index (χ1n) is 6.36. The molecule has 0 aliphatic rings. The molecule has 2 aromatic rings. The number of rotatable bonds is 5. The molecule has 0 spiro atoms. The van der Waals surface area contributed by atoms with Gasteiger partial charge in [-0.3, -0.25) is 4.68 Å². The minimum Gasteiger partial charge on any atom is -0.493 e. The molecule has 3 nitrogen and oxygen atoms in total. The molecule has 0 amide bonds. The predicted octanol–water partition coefficient (Wildman–Crippen LogP) is 3.40. The Labute approximate surface area is 119 Å². The maximum Gasteiger partial charge on any atom is 0.125 e. The molecule has 0 bridgehead atoms. The number of alkyl halides is 1. The Morgan fingerprint density at radius 3 is 2.42 bits per heavy atom. The maximum absolute atomic E-state index is 5.90. The van der Waals surface area contributed by atoms with Crippen molar-refractivity contribution in [3.8, 4) is 5.75 Å². The van der Waals surface area contributed by atoms with Crippen molar-refractivity contribution in [1.82, 2.24) is 9.78 Å². The zero-order valence-electron chi connectivity index (χ0n) is 11.6. The molecule has 4 heteroatoms. The monoisotopic (exact) mass is 278 g/mol. The van der Waals surface area contributed by atoms with Gasteiger partial charge < -0.3 is 4.74 Å². The fraction of sp³-hybridized carbons (Fsp3) is 0.400. The summed E-state index contributed by atoms with van der Waals surface area (Å²) in [6.45, 7) is 4.78. The smallest absolute Gasteiger partial charge is 0.125 e. The molecule has 0 unspecified atom stereocenters. The molecule has 2 rings (SSSR count). The van der Waals surface area contributed by atoms with E-state index in [2.05, 4.69) is 31.1 Å². The van der Waals surface area contributed by atoms with Crippen molar-refractivity contribution in [2.24, 2.45) is 7.05 Å². The van der Waals surface area contributed by atoms with Gasteiger partial charge in [0.2, 0.25) is 0 Å². The summed E-state index contributed by atoms with van der Waals surface area (Å²) in [4.78, 5) is 0. The van der Waals surface area contributed by atoms with Crippen molar-refractivity contribution in [1.29, 1.82) is 0 Å². The molecule has 0 atom stereocenters. The minimum atomic E-state index is 0.539. The predicted molar refractivity (Wildman–Crippen MR) is 77.9 cm³/mol. The van der Waals surface area contributed by atoms with Crippen molar-refractivity contribution >= 4 is 11.6 Å². The van der Waals surface area contributed by atoms with E-state index in [9.17, 15) is 0 Å². The summed E-state index contributed by atoms with van der Waals surface area (Å²) >= 11 is 5.86. The highest BCUT2D eigenvalue weighted by atomic mass is 35.5. The van der Waals surface area contributed by atoms with E-state index in [1.54, 1.807) is 4.68 Å². The quantitative estimate of drug-likeness (QED) is 0.784. The third kappa shape index (κ3) is 3.51. The second-order valence-corrected chi connectivity index (χ2v) is 5.08. The van der Waals surface area contributed by atoms with Gasteiger partial charge in [-0.05, 0) is 36.1 Å². The Balaban J connectivity index is 1.99. The van der Waals surface area contributed by atoms with Crippen LogP contribution < -0.4 is 4.74 Å². The summed E-state index contributed by atoms with van der Waals surface area (Å²) < 4.78 is 7.71. The van der Waals surface area contributed by atoms with Gasteiger partial charge in [-0.15, -0.1) is 11.6 Å². The normalized spacial score (nSPS) is 10.7. The van der Waals surface area contributed by atoms with Gasteiger partial charge in [0.25, 0.3) is 0 Å². The standard InChI is InChI=1S/C15H19ClN2O/c1-11-6-14(8-16)7-12(2)15(11)19-5-4-13-9-17-18(3)10-13/h6-7,9-10H,4-5,8H2,1-3H3. The van der Waals surface area contributed by atoms with Crippen LogP contribution >= 0.6 is 11.6 Å². The second-order valence-electron chi connectivity index (χ2n) is 4.81. The Morgan fingerprint density at radius 1 is 1.21 bits per heavy atom. The van der Waals surface area contributed by atoms with Crippen LogP contribution in [0.1, 0.15) is 22.3 Å². The second kappa shape index (κ2) is 6.11. The average molecular weight is 279 g/mol. The third-order valence-corrected chi connectivity index (χ3v) is 3.38. The minimum absolute atomic E-state index is 0.539. The fourth-order valence-corrected chi connectivity index (χ4v) is 2.37. The highest BCUT2D eigenvalue weighted by Gasteiger charge is 2.06. The summed E-state index contributed by atoms with van der Waals surface area (Å²) in [6.07, 6.45) is 4.75. The number of hydrogen-bond acceptors (Lipinski definition) is 2. The largest absolute Gasteiger partial charge is 0.493 e. The summed E-state index contributed by atoms with van der Waals surface area (Å²) in [6, 6.07) is 4.17. The molecule has 0 radical (unpaired) electrons. The van der Waals surface area contributed by atoms with Gasteiger partial charge in [0.1, 0.15) is 5.75 Å². The Morgan fingerprint density at radius 2 is 1.89 bits per heavy atom. The molecule has 1 aromatic heterocycles. The van der Waals surface area contributed by atoms with Crippen LogP contribution in [0.4, 0.5) is 0 Å². The molecular weight excluding hydrogens is 260 g/mol. The van der Waals surface area contributed by atoms with Crippen LogP contribution in [0.15, 0.2) is 24.5 Å². The molecule has 0 saturated heterocycles. The van der Waals surface area contributed by atoms with Gasteiger partial charge in [-0.25, -0.2) is 0 Å². The van der Waals surface area contributed by atoms with E-state index in [4.69, 9.17) is 16.3 Å². The van der Waals surface area contributed by atoms with E-state index in [0.29, 0.717) is 12.5 Å². The Kier molecular flexibility index (Phi) is 4.48. The highest BCUT2D eigenvalue weighted by Crippen LogP contribution is 2.25. The fourth-order valence-electron chi connectivity index (χ4n) is 2.22. The van der Waals surface area contributed by atoms with Gasteiger partial charge in [-0.2, -0.15) is 5.10 Å². The van der Waals surface area contributed by atoms with Gasteiger partial charge in [-0.1, -0.05) is 12.1 Å². The van der Waals surface area contributed by atoms with Gasteiger partial charge >= 0.3 is 0 Å². The zero-order valence-corrected chi connectivity index (χ0v) is 12.4. The first-order chi connectivity index (χ1) is 9.10. The molecule has 0 fully saturated rings. The van der Waals surface area contributed by atoms with Crippen LogP contribution in [0.25, 0.3) is 0 Å². The van der Waals surface area contributed by atoms with Crippen molar-refractivity contribution in [2.45, 2.75) is 26.1 Å². The molecule has 1 aromatic carbocycles. The van der Waals surface area contributed by atoms with E-state index >= 15 is 0 Å².